The lowest BCUT2D eigenvalue weighted by Gasteiger charge is -2.22. The maximum atomic E-state index is 13.0. The van der Waals surface area contributed by atoms with Crippen molar-refractivity contribution in [2.45, 2.75) is 64.0 Å². The number of rotatable bonds is 8. The van der Waals surface area contributed by atoms with Gasteiger partial charge in [-0.1, -0.05) is 72.8 Å². The highest BCUT2D eigenvalue weighted by atomic mass is 16.5. The van der Waals surface area contributed by atoms with Crippen LogP contribution in [0.1, 0.15) is 50.2 Å². The average molecular weight is 521 g/mol. The van der Waals surface area contributed by atoms with Crippen molar-refractivity contribution in [1.82, 2.24) is 10.6 Å². The van der Waals surface area contributed by atoms with Crippen LogP contribution in [0, 0.1) is 11.8 Å². The zero-order chi connectivity index (χ0) is 27.2. The Labute approximate surface area is 225 Å². The van der Waals surface area contributed by atoms with Gasteiger partial charge in [-0.05, 0) is 56.6 Å². The predicted molar refractivity (Wildman–Crippen MR) is 147 cm³/mol. The number of amides is 2. The van der Waals surface area contributed by atoms with Crippen LogP contribution in [0.2, 0.25) is 0 Å². The molecule has 4 atom stereocenters. The molecule has 3 rings (SSSR count). The van der Waals surface area contributed by atoms with Gasteiger partial charge in [-0.2, -0.15) is 0 Å². The lowest BCUT2D eigenvalue weighted by Crippen LogP contribution is -2.44. The molecule has 3 N–H and O–H groups in total. The number of carbonyl (C=O) groups excluding carboxylic acids is 3. The monoisotopic (exact) mass is 520 g/mol. The van der Waals surface area contributed by atoms with Gasteiger partial charge < -0.3 is 20.5 Å². The van der Waals surface area contributed by atoms with Crippen LogP contribution in [0.15, 0.2) is 72.8 Å². The molecule has 38 heavy (non-hydrogen) atoms. The Morgan fingerprint density at radius 3 is 2.39 bits per heavy atom. The Bertz CT molecular complexity index is 1040. The van der Waals surface area contributed by atoms with Crippen LogP contribution in [0.5, 0.6) is 0 Å². The third-order valence-electron chi connectivity index (χ3n) is 6.75. The summed E-state index contributed by atoms with van der Waals surface area (Å²) in [7, 11) is 0. The molecule has 0 bridgehead atoms. The van der Waals surface area contributed by atoms with Crippen molar-refractivity contribution in [2.24, 2.45) is 11.8 Å². The molecule has 1 aliphatic heterocycles. The van der Waals surface area contributed by atoms with Gasteiger partial charge in [0.25, 0.3) is 0 Å². The van der Waals surface area contributed by atoms with Gasteiger partial charge in [0.15, 0.2) is 0 Å². The second kappa shape index (κ2) is 15.7. The standard InChI is InChI=1S/C31H40N2O5/c1-23-22-38-31(37)27(18-24-12-6-4-7-13-24)17-11-3-2-10-16-26(30(36)32-23)20-29(35)33-28(21-34)19-25-14-8-5-9-15-25/h2,4-10,12-15,23,26-28,34H,3,11,16-22H2,1H3,(H,32,36)(H,33,35). The number of cyclic esters (lactones) is 1. The van der Waals surface area contributed by atoms with E-state index in [0.29, 0.717) is 25.7 Å². The SMILES string of the molecule is CC1COC(=O)C(Cc2ccccc2)CCCC=CCC(CC(=O)NC(CO)Cc2ccccc2)C(=O)N1. The van der Waals surface area contributed by atoms with Crippen LogP contribution in [0.3, 0.4) is 0 Å². The van der Waals surface area contributed by atoms with Crippen molar-refractivity contribution in [3.63, 3.8) is 0 Å². The summed E-state index contributed by atoms with van der Waals surface area (Å²) in [6, 6.07) is 18.8. The molecule has 0 fully saturated rings. The molecule has 204 valence electrons. The fourth-order valence-corrected chi connectivity index (χ4v) is 4.64. The fraction of sp³-hybridized carbons (Fsp3) is 0.452. The smallest absolute Gasteiger partial charge is 0.309 e. The highest BCUT2D eigenvalue weighted by molar-refractivity contribution is 5.86. The first kappa shape index (κ1) is 29.1. The summed E-state index contributed by atoms with van der Waals surface area (Å²) in [5.41, 5.74) is 2.11. The van der Waals surface area contributed by atoms with Gasteiger partial charge in [-0.15, -0.1) is 0 Å². The minimum absolute atomic E-state index is 0.00706. The Hall–Kier alpha value is -3.45. The van der Waals surface area contributed by atoms with Crippen LogP contribution >= 0.6 is 0 Å². The second-order valence-corrected chi connectivity index (χ2v) is 10.1. The molecule has 7 nitrogen and oxygen atoms in total. The number of hydrogen-bond donors (Lipinski definition) is 3. The number of carbonyl (C=O) groups is 3. The van der Waals surface area contributed by atoms with E-state index in [1.807, 2.05) is 72.8 Å². The molecule has 0 saturated heterocycles. The van der Waals surface area contributed by atoms with Gasteiger partial charge in [0.2, 0.25) is 11.8 Å². The number of ether oxygens (including phenoxy) is 1. The third kappa shape index (κ3) is 10.1. The van der Waals surface area contributed by atoms with Crippen molar-refractivity contribution in [2.75, 3.05) is 13.2 Å². The van der Waals surface area contributed by atoms with Gasteiger partial charge in [-0.3, -0.25) is 14.4 Å². The highest BCUT2D eigenvalue weighted by Gasteiger charge is 2.25. The molecular weight excluding hydrogens is 480 g/mol. The van der Waals surface area contributed by atoms with Crippen LogP contribution in [0.4, 0.5) is 0 Å². The summed E-state index contributed by atoms with van der Waals surface area (Å²) in [4.78, 5) is 38.7. The maximum Gasteiger partial charge on any atom is 0.309 e. The van der Waals surface area contributed by atoms with Crippen LogP contribution in [-0.4, -0.2) is 48.2 Å². The molecule has 2 amide bonds. The number of hydrogen-bond acceptors (Lipinski definition) is 5. The van der Waals surface area contributed by atoms with Crippen molar-refractivity contribution in [3.05, 3.63) is 83.9 Å². The molecule has 1 aliphatic rings. The summed E-state index contributed by atoms with van der Waals surface area (Å²) in [5.74, 6) is -1.58. The van der Waals surface area contributed by atoms with Gasteiger partial charge >= 0.3 is 5.97 Å². The lowest BCUT2D eigenvalue weighted by molar-refractivity contribution is -0.150. The van der Waals surface area contributed by atoms with Crippen LogP contribution in [0.25, 0.3) is 0 Å². The quantitative estimate of drug-likeness (QED) is 0.363. The average Bonchev–Trinajstić information content (AvgIpc) is 2.92. The first-order valence-corrected chi connectivity index (χ1v) is 13.5. The number of aliphatic hydroxyl groups excluding tert-OH is 1. The number of nitrogens with one attached hydrogen (secondary N) is 2. The molecule has 0 aliphatic carbocycles. The van der Waals surface area contributed by atoms with E-state index < -0.39 is 12.0 Å². The summed E-state index contributed by atoms with van der Waals surface area (Å²) >= 11 is 0. The van der Waals surface area contributed by atoms with Crippen molar-refractivity contribution in [3.8, 4) is 0 Å². The minimum Gasteiger partial charge on any atom is -0.463 e. The summed E-state index contributed by atoms with van der Waals surface area (Å²) in [6.45, 7) is 1.68. The highest BCUT2D eigenvalue weighted by Crippen LogP contribution is 2.19. The van der Waals surface area contributed by atoms with Gasteiger partial charge in [0, 0.05) is 6.42 Å². The van der Waals surface area contributed by atoms with E-state index in [4.69, 9.17) is 4.74 Å². The first-order valence-electron chi connectivity index (χ1n) is 13.5. The molecule has 4 unspecified atom stereocenters. The van der Waals surface area contributed by atoms with Gasteiger partial charge in [-0.25, -0.2) is 0 Å². The summed E-state index contributed by atoms with van der Waals surface area (Å²) in [5, 5.41) is 15.5. The molecule has 0 radical (unpaired) electrons. The molecule has 0 aromatic heterocycles. The predicted octanol–water partition coefficient (Wildman–Crippen LogP) is 3.75. The van der Waals surface area contributed by atoms with Crippen molar-refractivity contribution in [1.29, 1.82) is 0 Å². The number of benzene rings is 2. The zero-order valence-corrected chi connectivity index (χ0v) is 22.2. The van der Waals surface area contributed by atoms with E-state index in [2.05, 4.69) is 10.6 Å². The first-order chi connectivity index (χ1) is 18.4. The topological polar surface area (TPSA) is 105 Å². The second-order valence-electron chi connectivity index (χ2n) is 10.1. The molecule has 0 spiro atoms. The van der Waals surface area contributed by atoms with Gasteiger partial charge in [0.05, 0.1) is 30.5 Å². The zero-order valence-electron chi connectivity index (χ0n) is 22.2. The molecule has 0 saturated carbocycles. The number of allylic oxidation sites excluding steroid dienone is 2. The molecule has 1 heterocycles. The van der Waals surface area contributed by atoms with E-state index in [0.717, 1.165) is 24.0 Å². The van der Waals surface area contributed by atoms with Crippen LogP contribution < -0.4 is 10.6 Å². The van der Waals surface area contributed by atoms with Gasteiger partial charge in [0.1, 0.15) is 6.61 Å². The molecule has 7 heteroatoms. The Morgan fingerprint density at radius 1 is 1.03 bits per heavy atom. The Balaban J connectivity index is 1.59. The summed E-state index contributed by atoms with van der Waals surface area (Å²) in [6.07, 6.45) is 7.86. The molecular formula is C31H40N2O5. The van der Waals surface area contributed by atoms with Crippen molar-refractivity contribution >= 4 is 17.8 Å². The normalized spacial score (nSPS) is 22.0. The summed E-state index contributed by atoms with van der Waals surface area (Å²) < 4.78 is 5.59. The van der Waals surface area contributed by atoms with Crippen LogP contribution in [-0.2, 0) is 32.0 Å². The van der Waals surface area contributed by atoms with E-state index in [1.165, 1.54) is 0 Å². The lowest BCUT2D eigenvalue weighted by atomic mass is 9.93. The molecule has 2 aromatic carbocycles. The Morgan fingerprint density at radius 2 is 1.71 bits per heavy atom. The third-order valence-corrected chi connectivity index (χ3v) is 6.75. The van der Waals surface area contributed by atoms with Crippen molar-refractivity contribution < 1.29 is 24.2 Å². The molecule has 2 aromatic rings. The fourth-order valence-electron chi connectivity index (χ4n) is 4.64. The minimum atomic E-state index is -0.561. The Kier molecular flexibility index (Phi) is 12.0. The maximum absolute atomic E-state index is 13.0. The van der Waals surface area contributed by atoms with E-state index in [1.54, 1.807) is 6.92 Å². The largest absolute Gasteiger partial charge is 0.463 e. The van der Waals surface area contributed by atoms with E-state index >= 15 is 0 Å². The van der Waals surface area contributed by atoms with E-state index in [9.17, 15) is 19.5 Å². The van der Waals surface area contributed by atoms with E-state index in [-0.39, 0.29) is 49.4 Å². The number of esters is 1. The number of aliphatic hydroxyl groups is 1.